The molecule has 58 valence electrons. The van der Waals surface area contributed by atoms with Crippen molar-refractivity contribution in [1.82, 2.24) is 5.32 Å². The molecule has 1 aliphatic heterocycles. The standard InChI is InChI=1S/C6H9BrFNO/c7-4(3-8)5-1-2-6(10)9-5/h4-5H,1-3H2,(H,9,10). The number of hydrogen-bond acceptors (Lipinski definition) is 1. The van der Waals surface area contributed by atoms with E-state index < -0.39 is 6.67 Å². The van der Waals surface area contributed by atoms with E-state index in [1.54, 1.807) is 0 Å². The van der Waals surface area contributed by atoms with Crippen LogP contribution in [0.4, 0.5) is 4.39 Å². The quantitative estimate of drug-likeness (QED) is 0.676. The van der Waals surface area contributed by atoms with E-state index in [2.05, 4.69) is 21.2 Å². The van der Waals surface area contributed by atoms with E-state index in [0.717, 1.165) is 6.42 Å². The molecule has 10 heavy (non-hydrogen) atoms. The molecule has 0 saturated carbocycles. The molecule has 1 fully saturated rings. The van der Waals surface area contributed by atoms with Crippen molar-refractivity contribution in [3.63, 3.8) is 0 Å². The summed E-state index contributed by atoms with van der Waals surface area (Å²) in [5, 5.41) is 2.68. The zero-order chi connectivity index (χ0) is 7.56. The molecule has 2 nitrogen and oxygen atoms in total. The van der Waals surface area contributed by atoms with Crippen LogP contribution in [0.25, 0.3) is 0 Å². The molecule has 1 saturated heterocycles. The minimum atomic E-state index is -0.426. The molecular formula is C6H9BrFNO. The first-order chi connectivity index (χ1) is 4.74. The molecule has 0 bridgehead atoms. The van der Waals surface area contributed by atoms with Crippen LogP contribution >= 0.6 is 15.9 Å². The summed E-state index contributed by atoms with van der Waals surface area (Å²) in [5.41, 5.74) is 0. The predicted molar refractivity (Wildman–Crippen MR) is 39.9 cm³/mol. The van der Waals surface area contributed by atoms with Crippen molar-refractivity contribution in [2.24, 2.45) is 0 Å². The van der Waals surface area contributed by atoms with Crippen molar-refractivity contribution in [3.8, 4) is 0 Å². The van der Waals surface area contributed by atoms with Gasteiger partial charge in [-0.15, -0.1) is 0 Å². The largest absolute Gasteiger partial charge is 0.352 e. The number of carbonyl (C=O) groups is 1. The highest BCUT2D eigenvalue weighted by atomic mass is 79.9. The number of amides is 1. The van der Waals surface area contributed by atoms with Gasteiger partial charge < -0.3 is 5.32 Å². The Bertz CT molecular complexity index is 142. The molecule has 0 aromatic carbocycles. The van der Waals surface area contributed by atoms with Gasteiger partial charge in [-0.1, -0.05) is 15.9 Å². The highest BCUT2D eigenvalue weighted by Crippen LogP contribution is 2.16. The SMILES string of the molecule is O=C1CCC(C(Br)CF)N1. The summed E-state index contributed by atoms with van der Waals surface area (Å²) in [4.78, 5) is 10.4. The second-order valence-corrected chi connectivity index (χ2v) is 3.56. The average molecular weight is 210 g/mol. The molecular weight excluding hydrogens is 201 g/mol. The Kier molecular flexibility index (Phi) is 2.65. The van der Waals surface area contributed by atoms with E-state index in [0.29, 0.717) is 6.42 Å². The van der Waals surface area contributed by atoms with E-state index in [4.69, 9.17) is 0 Å². The summed E-state index contributed by atoms with van der Waals surface area (Å²) in [5.74, 6) is 0.0305. The van der Waals surface area contributed by atoms with Gasteiger partial charge in [-0.3, -0.25) is 4.79 Å². The van der Waals surface area contributed by atoms with Gasteiger partial charge in [0, 0.05) is 12.5 Å². The zero-order valence-electron chi connectivity index (χ0n) is 5.44. The summed E-state index contributed by atoms with van der Waals surface area (Å²) < 4.78 is 12.0. The lowest BCUT2D eigenvalue weighted by Crippen LogP contribution is -2.34. The molecule has 2 unspecified atom stereocenters. The first-order valence-electron chi connectivity index (χ1n) is 3.23. The van der Waals surface area contributed by atoms with Crippen LogP contribution < -0.4 is 5.32 Å². The van der Waals surface area contributed by atoms with E-state index in [1.807, 2.05) is 0 Å². The average Bonchev–Trinajstić information content (AvgIpc) is 2.34. The first kappa shape index (κ1) is 7.98. The molecule has 0 radical (unpaired) electrons. The third-order valence-electron chi connectivity index (χ3n) is 1.61. The molecule has 0 aromatic heterocycles. The van der Waals surface area contributed by atoms with Gasteiger partial charge in [-0.2, -0.15) is 0 Å². The molecule has 1 rings (SSSR count). The third kappa shape index (κ3) is 1.68. The maximum Gasteiger partial charge on any atom is 0.220 e. The normalized spacial score (nSPS) is 28.2. The minimum absolute atomic E-state index is 0.00231. The van der Waals surface area contributed by atoms with Gasteiger partial charge in [0.05, 0.1) is 4.83 Å². The number of carbonyl (C=O) groups excluding carboxylic acids is 1. The zero-order valence-corrected chi connectivity index (χ0v) is 7.03. The predicted octanol–water partition coefficient (Wildman–Crippen LogP) is 0.998. The maximum atomic E-state index is 12.0. The van der Waals surface area contributed by atoms with Crippen molar-refractivity contribution in [2.75, 3.05) is 6.67 Å². The molecule has 0 aromatic rings. The maximum absolute atomic E-state index is 12.0. The number of hydrogen-bond donors (Lipinski definition) is 1. The number of rotatable bonds is 2. The lowest BCUT2D eigenvalue weighted by Gasteiger charge is -2.12. The van der Waals surface area contributed by atoms with Crippen LogP contribution in [0.3, 0.4) is 0 Å². The minimum Gasteiger partial charge on any atom is -0.352 e. The second-order valence-electron chi connectivity index (χ2n) is 2.38. The van der Waals surface area contributed by atoms with Gasteiger partial charge in [0.25, 0.3) is 0 Å². The second kappa shape index (κ2) is 3.32. The van der Waals surface area contributed by atoms with Gasteiger partial charge >= 0.3 is 0 Å². The Labute approximate surface area is 67.3 Å². The van der Waals surface area contributed by atoms with Gasteiger partial charge in [0.2, 0.25) is 5.91 Å². The van der Waals surface area contributed by atoms with Crippen molar-refractivity contribution in [2.45, 2.75) is 23.7 Å². The Morgan fingerprint density at radius 3 is 3.00 bits per heavy atom. The molecule has 1 N–H and O–H groups in total. The fourth-order valence-corrected chi connectivity index (χ4v) is 1.41. The smallest absolute Gasteiger partial charge is 0.220 e. The molecule has 1 amide bonds. The van der Waals surface area contributed by atoms with Crippen molar-refractivity contribution in [3.05, 3.63) is 0 Å². The molecule has 4 heteroatoms. The molecule has 0 spiro atoms. The van der Waals surface area contributed by atoms with Gasteiger partial charge in [-0.05, 0) is 6.42 Å². The fourth-order valence-electron chi connectivity index (χ4n) is 1.02. The van der Waals surface area contributed by atoms with Gasteiger partial charge in [-0.25, -0.2) is 4.39 Å². The van der Waals surface area contributed by atoms with E-state index in [-0.39, 0.29) is 16.8 Å². The number of nitrogens with one attached hydrogen (secondary N) is 1. The van der Waals surface area contributed by atoms with Crippen molar-refractivity contribution < 1.29 is 9.18 Å². The lowest BCUT2D eigenvalue weighted by molar-refractivity contribution is -0.119. The Morgan fingerprint density at radius 1 is 1.90 bits per heavy atom. The molecule has 2 atom stereocenters. The Balaban J connectivity index is 2.36. The summed E-state index contributed by atoms with van der Waals surface area (Å²) in [7, 11) is 0. The molecule has 1 aliphatic rings. The van der Waals surface area contributed by atoms with Crippen LogP contribution in [0, 0.1) is 0 Å². The number of alkyl halides is 2. The highest BCUT2D eigenvalue weighted by molar-refractivity contribution is 9.09. The Morgan fingerprint density at radius 2 is 2.60 bits per heavy atom. The topological polar surface area (TPSA) is 29.1 Å². The van der Waals surface area contributed by atoms with Crippen LogP contribution in [0.5, 0.6) is 0 Å². The van der Waals surface area contributed by atoms with Crippen LogP contribution in [0.2, 0.25) is 0 Å². The fraction of sp³-hybridized carbons (Fsp3) is 0.833. The van der Waals surface area contributed by atoms with E-state index >= 15 is 0 Å². The number of halogens is 2. The van der Waals surface area contributed by atoms with Crippen LogP contribution in [-0.2, 0) is 4.79 Å². The van der Waals surface area contributed by atoms with Crippen LogP contribution in [-0.4, -0.2) is 23.5 Å². The monoisotopic (exact) mass is 209 g/mol. The first-order valence-corrected chi connectivity index (χ1v) is 4.15. The molecule has 1 heterocycles. The van der Waals surface area contributed by atoms with Crippen molar-refractivity contribution >= 4 is 21.8 Å². The van der Waals surface area contributed by atoms with Gasteiger partial charge in [0.15, 0.2) is 0 Å². The van der Waals surface area contributed by atoms with E-state index in [1.165, 1.54) is 0 Å². The third-order valence-corrected chi connectivity index (χ3v) is 2.50. The lowest BCUT2D eigenvalue weighted by atomic mass is 10.2. The van der Waals surface area contributed by atoms with Crippen LogP contribution in [0.1, 0.15) is 12.8 Å². The Hall–Kier alpha value is -0.120. The summed E-state index contributed by atoms with van der Waals surface area (Å²) in [6.07, 6.45) is 1.28. The molecule has 0 aliphatic carbocycles. The van der Waals surface area contributed by atoms with E-state index in [9.17, 15) is 9.18 Å². The summed E-state index contributed by atoms with van der Waals surface area (Å²) in [6.45, 7) is -0.426. The highest BCUT2D eigenvalue weighted by Gasteiger charge is 2.26. The van der Waals surface area contributed by atoms with Gasteiger partial charge in [0.1, 0.15) is 6.67 Å². The summed E-state index contributed by atoms with van der Waals surface area (Å²) in [6, 6.07) is -0.00231. The summed E-state index contributed by atoms with van der Waals surface area (Å²) >= 11 is 3.14. The van der Waals surface area contributed by atoms with Crippen molar-refractivity contribution in [1.29, 1.82) is 0 Å². The van der Waals surface area contributed by atoms with Crippen LogP contribution in [0.15, 0.2) is 0 Å².